The Morgan fingerprint density at radius 1 is 1.29 bits per heavy atom. The number of nitrogens with one attached hydrogen (secondary N) is 1. The van der Waals surface area contributed by atoms with Crippen molar-refractivity contribution in [2.45, 2.75) is 18.4 Å². The molecule has 1 N–H and O–H groups in total. The van der Waals surface area contributed by atoms with Crippen molar-refractivity contribution >= 4 is 23.5 Å². The zero-order chi connectivity index (χ0) is 10.1. The molecule has 2 nitrogen and oxygen atoms in total. The molecule has 1 saturated heterocycles. The summed E-state index contributed by atoms with van der Waals surface area (Å²) in [7, 11) is 0. The van der Waals surface area contributed by atoms with Crippen LogP contribution < -0.4 is 0 Å². The number of H-pyrrole nitrogens is 1. The highest BCUT2D eigenvalue weighted by Crippen LogP contribution is 2.46. The topological polar surface area (TPSA) is 39.6 Å². The molecule has 14 heavy (non-hydrogen) atoms. The van der Waals surface area contributed by atoms with Crippen LogP contribution in [0.25, 0.3) is 0 Å². The molecule has 0 aromatic carbocycles. The average molecular weight is 224 g/mol. The highest BCUT2D eigenvalue weighted by Gasteiger charge is 2.23. The molecule has 0 aliphatic carbocycles. The van der Waals surface area contributed by atoms with E-state index in [1.165, 1.54) is 22.8 Å². The number of thioether (sulfide) groups is 2. The maximum Gasteiger partial charge on any atom is 0.121 e. The van der Waals surface area contributed by atoms with Gasteiger partial charge >= 0.3 is 0 Å². The van der Waals surface area contributed by atoms with E-state index >= 15 is 0 Å². The van der Waals surface area contributed by atoms with Gasteiger partial charge in [-0.15, -0.1) is 23.5 Å². The van der Waals surface area contributed by atoms with Gasteiger partial charge < -0.3 is 4.98 Å². The summed E-state index contributed by atoms with van der Waals surface area (Å²) in [4.78, 5) is 3.24. The fourth-order valence-electron chi connectivity index (χ4n) is 1.58. The van der Waals surface area contributed by atoms with Crippen LogP contribution >= 0.6 is 23.5 Å². The number of aromatic nitrogens is 1. The molecule has 0 spiro atoms. The first-order valence-corrected chi connectivity index (χ1v) is 6.66. The van der Waals surface area contributed by atoms with Crippen LogP contribution in [0.2, 0.25) is 0 Å². The second kappa shape index (κ2) is 3.92. The third-order valence-corrected chi connectivity index (χ3v) is 5.60. The standard InChI is InChI=1S/C10H12N2S2/c1-6-7(2)9(12-8(6)5-11)10-13-3-4-14-10/h10,12H,3-4H2,1-2H3. The lowest BCUT2D eigenvalue weighted by molar-refractivity contribution is 1.17. The van der Waals surface area contributed by atoms with Gasteiger partial charge in [0.1, 0.15) is 11.8 Å². The van der Waals surface area contributed by atoms with Gasteiger partial charge in [0.25, 0.3) is 0 Å². The maximum absolute atomic E-state index is 8.90. The number of aromatic amines is 1. The Balaban J connectivity index is 2.39. The fourth-order valence-corrected chi connectivity index (χ4v) is 4.55. The summed E-state index contributed by atoms with van der Waals surface area (Å²) in [6.45, 7) is 4.11. The van der Waals surface area contributed by atoms with Gasteiger partial charge in [0.2, 0.25) is 0 Å². The van der Waals surface area contributed by atoms with Crippen LogP contribution in [0.15, 0.2) is 0 Å². The first-order valence-electron chi connectivity index (χ1n) is 4.56. The monoisotopic (exact) mass is 224 g/mol. The van der Waals surface area contributed by atoms with E-state index in [1.807, 2.05) is 30.4 Å². The van der Waals surface area contributed by atoms with E-state index < -0.39 is 0 Å². The Hall–Kier alpha value is -0.530. The number of hydrogen-bond donors (Lipinski definition) is 1. The molecule has 0 saturated carbocycles. The molecule has 1 aliphatic heterocycles. The number of nitriles is 1. The summed E-state index contributed by atoms with van der Waals surface area (Å²) in [5.41, 5.74) is 4.33. The molecule has 2 rings (SSSR count). The molecule has 4 heteroatoms. The molecule has 74 valence electrons. The third kappa shape index (κ3) is 1.55. The van der Waals surface area contributed by atoms with Gasteiger partial charge in [0.15, 0.2) is 0 Å². The predicted molar refractivity (Wildman–Crippen MR) is 62.6 cm³/mol. The van der Waals surface area contributed by atoms with Crippen LogP contribution in [0.5, 0.6) is 0 Å². The van der Waals surface area contributed by atoms with Crippen molar-refractivity contribution in [1.29, 1.82) is 5.26 Å². The largest absolute Gasteiger partial charge is 0.348 e. The summed E-state index contributed by atoms with van der Waals surface area (Å²) in [6.07, 6.45) is 0. The summed E-state index contributed by atoms with van der Waals surface area (Å²) in [5, 5.41) is 8.90. The van der Waals surface area contributed by atoms with Crippen LogP contribution in [-0.2, 0) is 0 Å². The van der Waals surface area contributed by atoms with Gasteiger partial charge in [0.05, 0.1) is 4.58 Å². The molecule has 2 heterocycles. The van der Waals surface area contributed by atoms with Crippen LogP contribution in [-0.4, -0.2) is 16.5 Å². The number of hydrogen-bond acceptors (Lipinski definition) is 3. The minimum atomic E-state index is 0.510. The predicted octanol–water partition coefficient (Wildman–Crippen LogP) is 2.98. The molecule has 0 amide bonds. The number of rotatable bonds is 1. The van der Waals surface area contributed by atoms with Gasteiger partial charge in [-0.3, -0.25) is 0 Å². The minimum Gasteiger partial charge on any atom is -0.348 e. The van der Waals surface area contributed by atoms with E-state index in [0.717, 1.165) is 11.3 Å². The zero-order valence-electron chi connectivity index (χ0n) is 8.26. The lowest BCUT2D eigenvalue weighted by Gasteiger charge is -2.06. The van der Waals surface area contributed by atoms with Crippen molar-refractivity contribution in [3.05, 3.63) is 22.5 Å². The Kier molecular flexibility index (Phi) is 2.80. The molecule has 0 atom stereocenters. The lowest BCUT2D eigenvalue weighted by atomic mass is 10.1. The molecular weight excluding hydrogens is 212 g/mol. The van der Waals surface area contributed by atoms with Crippen LogP contribution in [0, 0.1) is 25.2 Å². The second-order valence-electron chi connectivity index (χ2n) is 3.35. The lowest BCUT2D eigenvalue weighted by Crippen LogP contribution is -1.88. The van der Waals surface area contributed by atoms with Crippen molar-refractivity contribution in [3.8, 4) is 6.07 Å². The Bertz CT molecular complexity index is 384. The first kappa shape index (κ1) is 10.0. The van der Waals surface area contributed by atoms with Crippen LogP contribution in [0.3, 0.4) is 0 Å². The molecule has 1 fully saturated rings. The van der Waals surface area contributed by atoms with Crippen molar-refractivity contribution < 1.29 is 0 Å². The zero-order valence-corrected chi connectivity index (χ0v) is 9.89. The SMILES string of the molecule is Cc1c(C#N)[nH]c(C2SCCS2)c1C. The van der Waals surface area contributed by atoms with Crippen molar-refractivity contribution in [3.63, 3.8) is 0 Å². The van der Waals surface area contributed by atoms with Crippen molar-refractivity contribution in [1.82, 2.24) is 4.98 Å². The Morgan fingerprint density at radius 3 is 2.43 bits per heavy atom. The fraction of sp³-hybridized carbons (Fsp3) is 0.500. The molecular formula is C10H12N2S2. The smallest absolute Gasteiger partial charge is 0.121 e. The van der Waals surface area contributed by atoms with Crippen LogP contribution in [0.1, 0.15) is 27.1 Å². The average Bonchev–Trinajstić information content (AvgIpc) is 2.78. The van der Waals surface area contributed by atoms with Gasteiger partial charge in [-0.1, -0.05) is 0 Å². The maximum atomic E-state index is 8.90. The normalized spacial score (nSPS) is 17.2. The van der Waals surface area contributed by atoms with Gasteiger partial charge in [-0.25, -0.2) is 0 Å². The van der Waals surface area contributed by atoms with E-state index in [4.69, 9.17) is 5.26 Å². The highest BCUT2D eigenvalue weighted by atomic mass is 32.2. The van der Waals surface area contributed by atoms with Crippen molar-refractivity contribution in [2.24, 2.45) is 0 Å². The molecule has 1 aromatic heterocycles. The summed E-state index contributed by atoms with van der Waals surface area (Å²) in [5.74, 6) is 2.43. The van der Waals surface area contributed by atoms with Crippen LogP contribution in [0.4, 0.5) is 0 Å². The highest BCUT2D eigenvalue weighted by molar-refractivity contribution is 8.19. The summed E-state index contributed by atoms with van der Waals surface area (Å²) >= 11 is 3.93. The molecule has 0 unspecified atom stereocenters. The van der Waals surface area contributed by atoms with Gasteiger partial charge in [-0.05, 0) is 25.0 Å². The van der Waals surface area contributed by atoms with E-state index in [-0.39, 0.29) is 0 Å². The second-order valence-corrected chi connectivity index (χ2v) is 6.07. The Labute approximate surface area is 92.5 Å². The Morgan fingerprint density at radius 2 is 1.93 bits per heavy atom. The molecule has 0 bridgehead atoms. The van der Waals surface area contributed by atoms with Gasteiger partial charge in [0, 0.05) is 17.2 Å². The van der Waals surface area contributed by atoms with E-state index in [9.17, 15) is 0 Å². The third-order valence-electron chi connectivity index (χ3n) is 2.57. The minimum absolute atomic E-state index is 0.510. The van der Waals surface area contributed by atoms with Crippen molar-refractivity contribution in [2.75, 3.05) is 11.5 Å². The molecule has 1 aromatic rings. The van der Waals surface area contributed by atoms with E-state index in [1.54, 1.807) is 0 Å². The first-order chi connectivity index (χ1) is 6.74. The molecule has 1 aliphatic rings. The number of nitrogens with zero attached hydrogens (tertiary/aromatic N) is 1. The van der Waals surface area contributed by atoms with E-state index in [2.05, 4.69) is 18.0 Å². The van der Waals surface area contributed by atoms with E-state index in [0.29, 0.717) is 4.58 Å². The molecule has 0 radical (unpaired) electrons. The van der Waals surface area contributed by atoms with Gasteiger partial charge in [-0.2, -0.15) is 5.26 Å². The summed E-state index contributed by atoms with van der Waals surface area (Å²) < 4.78 is 0.510. The summed E-state index contributed by atoms with van der Waals surface area (Å²) in [6, 6.07) is 2.21. The quantitative estimate of drug-likeness (QED) is 0.797.